The Kier molecular flexibility index (Phi) is 2.91. The van der Waals surface area contributed by atoms with Crippen molar-refractivity contribution in [3.63, 3.8) is 0 Å². The third-order valence-corrected chi connectivity index (χ3v) is 1.91. The highest BCUT2D eigenvalue weighted by molar-refractivity contribution is 5.30. The van der Waals surface area contributed by atoms with Crippen LogP contribution in [0, 0.1) is 5.92 Å². The zero-order valence-electron chi connectivity index (χ0n) is 6.96. The van der Waals surface area contributed by atoms with Gasteiger partial charge in [-0.15, -0.1) is 0 Å². The molecule has 1 rings (SSSR count). The van der Waals surface area contributed by atoms with Crippen molar-refractivity contribution in [2.75, 3.05) is 0 Å². The smallest absolute Gasteiger partial charge is 0.0156 e. The molecule has 0 amide bonds. The topological polar surface area (TPSA) is 0 Å². The fraction of sp³-hybridized carbons (Fsp3) is 0.273. The van der Waals surface area contributed by atoms with Gasteiger partial charge in [-0.2, -0.15) is 0 Å². The molecule has 0 nitrogen and oxygen atoms in total. The van der Waals surface area contributed by atoms with E-state index in [-0.39, 0.29) is 0 Å². The lowest BCUT2D eigenvalue weighted by Crippen LogP contribution is -1.97. The van der Waals surface area contributed by atoms with Gasteiger partial charge in [0.1, 0.15) is 0 Å². The minimum absolute atomic E-state index is 0.663. The SMILES string of the molecule is C=C/C=C\C1=CC=CCC1C. The molecule has 11 heavy (non-hydrogen) atoms. The molecule has 0 aromatic rings. The Balaban J connectivity index is 2.67. The van der Waals surface area contributed by atoms with Gasteiger partial charge in [0.2, 0.25) is 0 Å². The maximum Gasteiger partial charge on any atom is -0.0156 e. The Bertz CT molecular complexity index is 216. The summed E-state index contributed by atoms with van der Waals surface area (Å²) in [5.74, 6) is 0.663. The van der Waals surface area contributed by atoms with E-state index < -0.39 is 0 Å². The minimum atomic E-state index is 0.663. The average Bonchev–Trinajstić information content (AvgIpc) is 2.03. The van der Waals surface area contributed by atoms with E-state index in [0.717, 1.165) is 6.42 Å². The summed E-state index contributed by atoms with van der Waals surface area (Å²) in [6.45, 7) is 5.88. The second-order valence-electron chi connectivity index (χ2n) is 2.83. The molecule has 0 spiro atoms. The molecular weight excluding hydrogens is 132 g/mol. The maximum atomic E-state index is 3.64. The van der Waals surface area contributed by atoms with Crippen LogP contribution in [0.5, 0.6) is 0 Å². The van der Waals surface area contributed by atoms with Gasteiger partial charge in [-0.1, -0.05) is 50.0 Å². The molecule has 0 aromatic carbocycles. The van der Waals surface area contributed by atoms with Crippen molar-refractivity contribution in [2.24, 2.45) is 5.92 Å². The van der Waals surface area contributed by atoms with E-state index in [4.69, 9.17) is 0 Å². The Morgan fingerprint density at radius 3 is 3.09 bits per heavy atom. The van der Waals surface area contributed by atoms with Crippen molar-refractivity contribution in [3.8, 4) is 0 Å². The summed E-state index contributed by atoms with van der Waals surface area (Å²) in [6.07, 6.45) is 13.6. The highest BCUT2D eigenvalue weighted by Gasteiger charge is 2.05. The normalized spacial score (nSPS) is 23.7. The van der Waals surface area contributed by atoms with Gasteiger partial charge in [-0.05, 0) is 17.9 Å². The molecule has 0 heterocycles. The fourth-order valence-corrected chi connectivity index (χ4v) is 1.16. The van der Waals surface area contributed by atoms with Crippen LogP contribution in [0.3, 0.4) is 0 Å². The standard InChI is InChI=1S/C11H14/c1-3-4-8-11-9-6-5-7-10(11)2/h3-6,8-10H,1,7H2,2H3/b8-4-. The van der Waals surface area contributed by atoms with Crippen molar-refractivity contribution in [3.05, 3.63) is 48.6 Å². The average molecular weight is 146 g/mol. The van der Waals surface area contributed by atoms with E-state index in [0.29, 0.717) is 5.92 Å². The van der Waals surface area contributed by atoms with E-state index >= 15 is 0 Å². The Morgan fingerprint density at radius 1 is 1.64 bits per heavy atom. The molecule has 0 aliphatic heterocycles. The summed E-state index contributed by atoms with van der Waals surface area (Å²) >= 11 is 0. The Hall–Kier alpha value is -1.04. The van der Waals surface area contributed by atoms with E-state index in [1.807, 2.05) is 12.2 Å². The molecule has 0 aromatic heterocycles. The van der Waals surface area contributed by atoms with Gasteiger partial charge in [0, 0.05) is 0 Å². The van der Waals surface area contributed by atoms with Gasteiger partial charge in [-0.3, -0.25) is 0 Å². The van der Waals surface area contributed by atoms with Crippen molar-refractivity contribution in [1.82, 2.24) is 0 Å². The third-order valence-electron chi connectivity index (χ3n) is 1.91. The van der Waals surface area contributed by atoms with E-state index in [9.17, 15) is 0 Å². The first-order chi connectivity index (χ1) is 5.34. The summed E-state index contributed by atoms with van der Waals surface area (Å²) in [4.78, 5) is 0. The predicted molar refractivity (Wildman–Crippen MR) is 50.3 cm³/mol. The van der Waals surface area contributed by atoms with Crippen molar-refractivity contribution in [1.29, 1.82) is 0 Å². The molecule has 1 aliphatic rings. The second-order valence-corrected chi connectivity index (χ2v) is 2.83. The summed E-state index contributed by atoms with van der Waals surface area (Å²) < 4.78 is 0. The molecule has 58 valence electrons. The highest BCUT2D eigenvalue weighted by Crippen LogP contribution is 2.20. The van der Waals surface area contributed by atoms with Crippen LogP contribution >= 0.6 is 0 Å². The molecule has 1 aliphatic carbocycles. The Labute approximate surface area is 68.6 Å². The largest absolute Gasteiger partial charge is 0.0991 e. The summed E-state index contributed by atoms with van der Waals surface area (Å²) in [5, 5.41) is 0. The molecule has 1 atom stereocenters. The van der Waals surface area contributed by atoms with Crippen LogP contribution in [0.25, 0.3) is 0 Å². The van der Waals surface area contributed by atoms with Crippen LogP contribution < -0.4 is 0 Å². The second kappa shape index (κ2) is 3.97. The van der Waals surface area contributed by atoms with Gasteiger partial charge >= 0.3 is 0 Å². The molecule has 0 heteroatoms. The maximum absolute atomic E-state index is 3.64. The van der Waals surface area contributed by atoms with Crippen LogP contribution in [0.4, 0.5) is 0 Å². The van der Waals surface area contributed by atoms with Crippen molar-refractivity contribution >= 4 is 0 Å². The first-order valence-electron chi connectivity index (χ1n) is 4.00. The molecule has 0 radical (unpaired) electrons. The van der Waals surface area contributed by atoms with Crippen molar-refractivity contribution in [2.45, 2.75) is 13.3 Å². The quantitative estimate of drug-likeness (QED) is 0.524. The number of allylic oxidation sites excluding steroid dienone is 7. The van der Waals surface area contributed by atoms with Crippen LogP contribution in [-0.4, -0.2) is 0 Å². The molecule has 1 unspecified atom stereocenters. The first kappa shape index (κ1) is 8.06. The van der Waals surface area contributed by atoms with Crippen LogP contribution in [0.2, 0.25) is 0 Å². The van der Waals surface area contributed by atoms with Crippen LogP contribution in [0.1, 0.15) is 13.3 Å². The lowest BCUT2D eigenvalue weighted by molar-refractivity contribution is 0.704. The van der Waals surface area contributed by atoms with Gasteiger partial charge in [0.15, 0.2) is 0 Å². The highest BCUT2D eigenvalue weighted by atomic mass is 14.1. The summed E-state index contributed by atoms with van der Waals surface area (Å²) in [5.41, 5.74) is 1.40. The Morgan fingerprint density at radius 2 is 2.45 bits per heavy atom. The predicted octanol–water partition coefficient (Wildman–Crippen LogP) is 3.25. The molecule has 0 bridgehead atoms. The number of hydrogen-bond donors (Lipinski definition) is 0. The summed E-state index contributed by atoms with van der Waals surface area (Å²) in [6, 6.07) is 0. The van der Waals surface area contributed by atoms with Gasteiger partial charge in [-0.25, -0.2) is 0 Å². The monoisotopic (exact) mass is 146 g/mol. The number of hydrogen-bond acceptors (Lipinski definition) is 0. The first-order valence-corrected chi connectivity index (χ1v) is 4.00. The molecular formula is C11H14. The van der Waals surface area contributed by atoms with Crippen LogP contribution in [-0.2, 0) is 0 Å². The zero-order valence-corrected chi connectivity index (χ0v) is 6.96. The lowest BCUT2D eigenvalue weighted by atomic mass is 9.93. The minimum Gasteiger partial charge on any atom is -0.0991 e. The number of rotatable bonds is 2. The van der Waals surface area contributed by atoms with E-state index in [2.05, 4.69) is 37.8 Å². The van der Waals surface area contributed by atoms with Crippen molar-refractivity contribution < 1.29 is 0 Å². The third kappa shape index (κ3) is 2.23. The molecule has 0 saturated heterocycles. The van der Waals surface area contributed by atoms with Gasteiger partial charge < -0.3 is 0 Å². The van der Waals surface area contributed by atoms with Crippen LogP contribution in [0.15, 0.2) is 48.6 Å². The lowest BCUT2D eigenvalue weighted by Gasteiger charge is -2.12. The fourth-order valence-electron chi connectivity index (χ4n) is 1.16. The molecule has 0 fully saturated rings. The zero-order chi connectivity index (χ0) is 8.10. The van der Waals surface area contributed by atoms with E-state index in [1.54, 1.807) is 0 Å². The van der Waals surface area contributed by atoms with Gasteiger partial charge in [0.25, 0.3) is 0 Å². The van der Waals surface area contributed by atoms with E-state index in [1.165, 1.54) is 5.57 Å². The molecule has 0 saturated carbocycles. The molecule has 0 N–H and O–H groups in total. The van der Waals surface area contributed by atoms with Gasteiger partial charge in [0.05, 0.1) is 0 Å². The summed E-state index contributed by atoms with van der Waals surface area (Å²) in [7, 11) is 0.